The van der Waals surface area contributed by atoms with Gasteiger partial charge in [0.15, 0.2) is 5.13 Å². The average molecular weight is 465 g/mol. The van der Waals surface area contributed by atoms with Gasteiger partial charge in [0.2, 0.25) is 5.71 Å². The maximum absolute atomic E-state index is 11.9. The van der Waals surface area contributed by atoms with Crippen LogP contribution in [0.1, 0.15) is 32.0 Å². The van der Waals surface area contributed by atoms with Gasteiger partial charge in [-0.1, -0.05) is 35.5 Å². The predicted molar refractivity (Wildman–Crippen MR) is 117 cm³/mol. The number of anilines is 1. The molecule has 0 aliphatic rings. The molecule has 0 aliphatic carbocycles. The third-order valence-electron chi connectivity index (χ3n) is 3.39. The average Bonchev–Trinajstić information content (AvgIpc) is 3.16. The summed E-state index contributed by atoms with van der Waals surface area (Å²) >= 11 is 1.00. The quantitative estimate of drug-likeness (QED) is 0.291. The van der Waals surface area contributed by atoms with E-state index in [9.17, 15) is 19.5 Å². The number of ether oxygens (including phenoxy) is 2. The molecule has 1 aromatic carbocycles. The molecule has 0 bridgehead atoms. The van der Waals surface area contributed by atoms with Crippen LogP contribution in [0.4, 0.5) is 14.7 Å². The van der Waals surface area contributed by atoms with Crippen LogP contribution in [0.25, 0.3) is 0 Å². The molecule has 0 atom stereocenters. The van der Waals surface area contributed by atoms with E-state index in [2.05, 4.69) is 20.8 Å². The normalized spacial score (nSPS) is 11.4. The van der Waals surface area contributed by atoms with Crippen molar-refractivity contribution in [3.05, 3.63) is 47.0 Å². The van der Waals surface area contributed by atoms with Crippen LogP contribution in [-0.4, -0.2) is 52.7 Å². The molecule has 0 saturated carbocycles. The molecule has 0 unspecified atom stereocenters. The number of hydrogen-bond donors (Lipinski definition) is 3. The van der Waals surface area contributed by atoms with Gasteiger partial charge in [-0.15, -0.1) is 11.3 Å². The molecule has 1 aromatic heterocycles. The van der Waals surface area contributed by atoms with Gasteiger partial charge in [0.1, 0.15) is 24.5 Å². The number of aliphatic carboxylic acids is 1. The number of rotatable bonds is 9. The van der Waals surface area contributed by atoms with Gasteiger partial charge in [0.05, 0.1) is 6.54 Å². The van der Waals surface area contributed by atoms with Gasteiger partial charge in [-0.05, 0) is 26.3 Å². The standard InChI is InChI=1S/C20H24N4O7S/c1-20(2,3)31-18(27)21-9-10-30-24-15(16(25)26)14-12-32-17(22-14)23-19(28)29-11-13-7-5-4-6-8-13/h4-8,12H,9-11H2,1-3H3,(H,21,27)(H,25,26)(H,22,23,28)/b24-15-. The van der Waals surface area contributed by atoms with Gasteiger partial charge in [-0.25, -0.2) is 19.4 Å². The number of carboxylic acid groups (broad SMARTS) is 1. The molecular formula is C20H24N4O7S. The maximum atomic E-state index is 11.9. The molecule has 12 heteroatoms. The third-order valence-corrected chi connectivity index (χ3v) is 4.15. The Balaban J connectivity index is 1.83. The smallest absolute Gasteiger partial charge is 0.413 e. The molecule has 0 saturated heterocycles. The van der Waals surface area contributed by atoms with Crippen molar-refractivity contribution in [1.82, 2.24) is 10.3 Å². The Hall–Kier alpha value is -3.67. The van der Waals surface area contributed by atoms with E-state index in [1.54, 1.807) is 20.8 Å². The fraction of sp³-hybridized carbons (Fsp3) is 0.350. The number of nitrogens with zero attached hydrogens (tertiary/aromatic N) is 2. The number of aromatic nitrogens is 1. The van der Waals surface area contributed by atoms with Crippen molar-refractivity contribution in [1.29, 1.82) is 0 Å². The third kappa shape index (κ3) is 9.00. The largest absolute Gasteiger partial charge is 0.476 e. The van der Waals surface area contributed by atoms with Crippen molar-refractivity contribution in [2.24, 2.45) is 5.16 Å². The van der Waals surface area contributed by atoms with E-state index in [0.29, 0.717) is 0 Å². The number of amides is 2. The van der Waals surface area contributed by atoms with E-state index in [4.69, 9.17) is 14.3 Å². The van der Waals surface area contributed by atoms with Crippen LogP contribution in [0, 0.1) is 0 Å². The molecule has 2 aromatic rings. The lowest BCUT2D eigenvalue weighted by molar-refractivity contribution is -0.129. The van der Waals surface area contributed by atoms with Gasteiger partial charge in [-0.3, -0.25) is 5.32 Å². The Morgan fingerprint density at radius 1 is 1.16 bits per heavy atom. The fourth-order valence-corrected chi connectivity index (χ4v) is 2.79. The predicted octanol–water partition coefficient (Wildman–Crippen LogP) is 3.22. The lowest BCUT2D eigenvalue weighted by atomic mass is 10.2. The lowest BCUT2D eigenvalue weighted by Crippen LogP contribution is -2.34. The molecule has 2 amide bonds. The number of thiazole rings is 1. The summed E-state index contributed by atoms with van der Waals surface area (Å²) in [4.78, 5) is 43.9. The SMILES string of the molecule is CC(C)(C)OC(=O)NCCO/N=C(\C(=O)O)c1csc(NC(=O)OCc2ccccc2)n1. The summed E-state index contributed by atoms with van der Waals surface area (Å²) in [5, 5.41) is 19.3. The molecule has 0 aliphatic heterocycles. The molecule has 0 fully saturated rings. The van der Waals surface area contributed by atoms with Crippen LogP contribution in [0.15, 0.2) is 40.9 Å². The Labute approximate surface area is 188 Å². The Morgan fingerprint density at radius 2 is 1.88 bits per heavy atom. The van der Waals surface area contributed by atoms with Crippen molar-refractivity contribution < 1.29 is 33.8 Å². The van der Waals surface area contributed by atoms with E-state index in [1.807, 2.05) is 30.3 Å². The minimum absolute atomic E-state index is 0.000890. The van der Waals surface area contributed by atoms with Crippen LogP contribution < -0.4 is 10.6 Å². The zero-order valence-electron chi connectivity index (χ0n) is 17.8. The highest BCUT2D eigenvalue weighted by molar-refractivity contribution is 7.14. The summed E-state index contributed by atoms with van der Waals surface area (Å²) in [6, 6.07) is 9.13. The summed E-state index contributed by atoms with van der Waals surface area (Å²) in [7, 11) is 0. The first-order valence-electron chi connectivity index (χ1n) is 9.48. The molecule has 32 heavy (non-hydrogen) atoms. The fourth-order valence-electron chi connectivity index (χ4n) is 2.10. The van der Waals surface area contributed by atoms with E-state index < -0.39 is 29.5 Å². The summed E-state index contributed by atoms with van der Waals surface area (Å²) in [5.74, 6) is -1.37. The topological polar surface area (TPSA) is 148 Å². The van der Waals surface area contributed by atoms with E-state index >= 15 is 0 Å². The molecule has 2 rings (SSSR count). The van der Waals surface area contributed by atoms with E-state index in [1.165, 1.54) is 5.38 Å². The summed E-state index contributed by atoms with van der Waals surface area (Å²) in [5.41, 5.74) is -0.268. The van der Waals surface area contributed by atoms with Crippen molar-refractivity contribution in [3.63, 3.8) is 0 Å². The van der Waals surface area contributed by atoms with E-state index in [-0.39, 0.29) is 30.6 Å². The molecular weight excluding hydrogens is 440 g/mol. The summed E-state index contributed by atoms with van der Waals surface area (Å²) < 4.78 is 10.2. The number of carbonyl (C=O) groups is 3. The second-order valence-electron chi connectivity index (χ2n) is 7.23. The van der Waals surface area contributed by atoms with E-state index in [0.717, 1.165) is 16.9 Å². The molecule has 11 nitrogen and oxygen atoms in total. The van der Waals surface area contributed by atoms with Crippen LogP contribution in [0.2, 0.25) is 0 Å². The Kier molecular flexibility index (Phi) is 8.95. The summed E-state index contributed by atoms with van der Waals surface area (Å²) in [6.45, 7) is 5.24. The lowest BCUT2D eigenvalue weighted by Gasteiger charge is -2.19. The number of benzene rings is 1. The molecule has 3 N–H and O–H groups in total. The second kappa shape index (κ2) is 11.6. The number of alkyl carbamates (subject to hydrolysis) is 1. The van der Waals surface area contributed by atoms with Crippen LogP contribution in [-0.2, 0) is 25.7 Å². The van der Waals surface area contributed by atoms with Crippen molar-refractivity contribution in [2.45, 2.75) is 33.0 Å². The minimum Gasteiger partial charge on any atom is -0.476 e. The van der Waals surface area contributed by atoms with Crippen LogP contribution in [0.5, 0.6) is 0 Å². The number of nitrogens with one attached hydrogen (secondary N) is 2. The van der Waals surface area contributed by atoms with Gasteiger partial charge in [0.25, 0.3) is 0 Å². The van der Waals surface area contributed by atoms with Crippen molar-refractivity contribution >= 4 is 40.3 Å². The van der Waals surface area contributed by atoms with Crippen molar-refractivity contribution in [3.8, 4) is 0 Å². The highest BCUT2D eigenvalue weighted by Gasteiger charge is 2.19. The molecule has 172 valence electrons. The first-order valence-corrected chi connectivity index (χ1v) is 10.4. The van der Waals surface area contributed by atoms with Gasteiger partial charge in [0, 0.05) is 5.38 Å². The first kappa shape index (κ1) is 24.6. The number of carbonyl (C=O) groups excluding carboxylic acids is 2. The van der Waals surface area contributed by atoms with Gasteiger partial charge < -0.3 is 24.7 Å². The first-order chi connectivity index (χ1) is 15.1. The number of oxime groups is 1. The monoisotopic (exact) mass is 464 g/mol. The summed E-state index contributed by atoms with van der Waals surface area (Å²) in [6.07, 6.45) is -1.36. The minimum atomic E-state index is -1.37. The molecule has 0 radical (unpaired) electrons. The van der Waals surface area contributed by atoms with Crippen LogP contribution >= 0.6 is 11.3 Å². The highest BCUT2D eigenvalue weighted by atomic mass is 32.1. The number of hydrogen-bond acceptors (Lipinski definition) is 9. The van der Waals surface area contributed by atoms with Gasteiger partial charge >= 0.3 is 18.2 Å². The molecule has 1 heterocycles. The maximum Gasteiger partial charge on any atom is 0.413 e. The van der Waals surface area contributed by atoms with Gasteiger partial charge in [-0.2, -0.15) is 0 Å². The molecule has 0 spiro atoms. The Bertz CT molecular complexity index is 954. The number of carboxylic acids is 1. The van der Waals surface area contributed by atoms with Crippen LogP contribution in [0.3, 0.4) is 0 Å². The Morgan fingerprint density at radius 3 is 2.53 bits per heavy atom. The second-order valence-corrected chi connectivity index (χ2v) is 8.09. The zero-order chi connectivity index (χ0) is 23.6. The van der Waals surface area contributed by atoms with Crippen molar-refractivity contribution in [2.75, 3.05) is 18.5 Å². The highest BCUT2D eigenvalue weighted by Crippen LogP contribution is 2.17. The zero-order valence-corrected chi connectivity index (χ0v) is 18.6.